The average molecular weight is 1730 g/mol. The second kappa shape index (κ2) is 43.3. The Hall–Kier alpha value is -10.1. The third-order valence-corrected chi connectivity index (χ3v) is 29.7. The Kier molecular flexibility index (Phi) is 32.9. The van der Waals surface area contributed by atoms with Crippen LogP contribution in [0.4, 0.5) is 22.7 Å². The Balaban J connectivity index is 0.000000160. The number of anilines is 4. The lowest BCUT2D eigenvalue weighted by atomic mass is 9.94. The first kappa shape index (κ1) is 92.6. The van der Waals surface area contributed by atoms with E-state index < -0.39 is 40.1 Å². The maximum absolute atomic E-state index is 13.7. The number of carbonyl (C=O) groups excluding carboxylic acids is 2. The number of hydrogen-bond acceptors (Lipinski definition) is 18. The minimum absolute atomic E-state index is 0.132. The molecule has 122 heavy (non-hydrogen) atoms. The molecule has 4 unspecified atom stereocenters. The lowest BCUT2D eigenvalue weighted by Gasteiger charge is -2.22. The van der Waals surface area contributed by atoms with Crippen molar-refractivity contribution in [3.8, 4) is 22.3 Å². The van der Waals surface area contributed by atoms with E-state index in [-0.39, 0.29) is 36.1 Å². The molecule has 0 saturated carbocycles. The molecule has 4 N–H and O–H groups in total. The van der Waals surface area contributed by atoms with E-state index in [1.54, 1.807) is 66.7 Å². The number of para-hydroxylation sites is 4. The van der Waals surface area contributed by atoms with E-state index in [1.807, 2.05) is 234 Å². The van der Waals surface area contributed by atoms with Gasteiger partial charge in [0.2, 0.25) is 0 Å². The third kappa shape index (κ3) is 21.9. The van der Waals surface area contributed by atoms with Gasteiger partial charge < -0.3 is 40.2 Å². The molecule has 4 aliphatic rings. The Morgan fingerprint density at radius 3 is 0.861 bits per heavy atom. The molecular weight excluding hydrogens is 1620 g/mol. The van der Waals surface area contributed by atoms with Gasteiger partial charge in [-0.15, -0.1) is 0 Å². The van der Waals surface area contributed by atoms with E-state index >= 15 is 0 Å². The average Bonchev–Trinajstić information content (AvgIpc) is 1.72. The number of benzene rings is 10. The molecule has 0 aliphatic carbocycles. The molecule has 10 aromatic rings. The molecule has 4 aliphatic heterocycles. The molecule has 648 valence electrons. The van der Waals surface area contributed by atoms with E-state index in [9.17, 15) is 43.3 Å². The van der Waals surface area contributed by atoms with E-state index in [0.29, 0.717) is 81.6 Å². The summed E-state index contributed by atoms with van der Waals surface area (Å²) in [7, 11) is -4.82. The Morgan fingerprint density at radius 2 is 0.566 bits per heavy atom. The zero-order valence-corrected chi connectivity index (χ0v) is 74.8. The van der Waals surface area contributed by atoms with Crippen LogP contribution in [0.1, 0.15) is 171 Å². The molecule has 4 heterocycles. The first-order valence-corrected chi connectivity index (χ1v) is 47.7. The topological polar surface area (TPSA) is 269 Å². The third-order valence-electron chi connectivity index (χ3n) is 22.4. The van der Waals surface area contributed by atoms with Crippen molar-refractivity contribution >= 4 is 74.8 Å². The van der Waals surface area contributed by atoms with Crippen LogP contribution in [-0.2, 0) is 68.6 Å². The summed E-state index contributed by atoms with van der Waals surface area (Å²) in [4.78, 5) is 24.3. The fourth-order valence-corrected chi connectivity index (χ4v) is 22.0. The van der Waals surface area contributed by atoms with Gasteiger partial charge in [0.15, 0.2) is 0 Å². The van der Waals surface area contributed by atoms with Crippen LogP contribution in [0.5, 0.6) is 0 Å². The Labute approximate surface area is 722 Å². The predicted molar refractivity (Wildman–Crippen MR) is 486 cm³/mol. The highest BCUT2D eigenvalue weighted by molar-refractivity contribution is 7.93. The summed E-state index contributed by atoms with van der Waals surface area (Å²) in [6, 6.07) is 72.3. The van der Waals surface area contributed by atoms with Crippen molar-refractivity contribution in [3.05, 3.63) is 286 Å². The van der Waals surface area contributed by atoms with Crippen molar-refractivity contribution in [2.24, 2.45) is 0 Å². The maximum Gasteiger partial charge on any atom is 0.305 e. The van der Waals surface area contributed by atoms with Gasteiger partial charge in [0.25, 0.3) is 40.1 Å². The van der Waals surface area contributed by atoms with Crippen molar-refractivity contribution in [1.29, 1.82) is 0 Å². The van der Waals surface area contributed by atoms with Gasteiger partial charge in [-0.1, -0.05) is 208 Å². The fraction of sp³-hybridized carbons (Fsp3) is 0.354. The Bertz CT molecular complexity index is 5690. The van der Waals surface area contributed by atoms with Crippen LogP contribution in [0, 0.1) is 13.8 Å². The predicted octanol–water partition coefficient (Wildman–Crippen LogP) is 17.1. The number of sulfonamides is 4. The summed E-state index contributed by atoms with van der Waals surface area (Å²) < 4.78 is 133. The quantitative estimate of drug-likeness (QED) is 0.0241. The molecule has 0 spiro atoms. The lowest BCUT2D eigenvalue weighted by molar-refractivity contribution is -0.144. The van der Waals surface area contributed by atoms with Crippen molar-refractivity contribution in [2.45, 2.75) is 148 Å². The molecule has 0 saturated heterocycles. The van der Waals surface area contributed by atoms with Crippen LogP contribution < -0.4 is 38.5 Å². The molecule has 10 aromatic carbocycles. The summed E-state index contributed by atoms with van der Waals surface area (Å²) in [5, 5.41) is 14.3. The van der Waals surface area contributed by atoms with E-state index in [4.69, 9.17) is 18.9 Å². The highest BCUT2D eigenvalue weighted by atomic mass is 32.2. The van der Waals surface area contributed by atoms with Crippen molar-refractivity contribution < 1.29 is 62.2 Å². The van der Waals surface area contributed by atoms with Crippen LogP contribution in [0.3, 0.4) is 0 Å². The number of unbranched alkanes of at least 4 members (excludes halogenated alkanes) is 6. The summed E-state index contributed by atoms with van der Waals surface area (Å²) >= 11 is 0. The molecule has 14 rings (SSSR count). The van der Waals surface area contributed by atoms with Crippen molar-refractivity contribution in [1.82, 2.24) is 21.3 Å². The minimum Gasteiger partial charge on any atom is -0.466 e. The van der Waals surface area contributed by atoms with Gasteiger partial charge in [0, 0.05) is 68.5 Å². The number of rotatable bonds is 30. The first-order chi connectivity index (χ1) is 58.8. The SMILES string of the molecule is CCOC(=O)CCCCCCNC1c2ccccc2N(C)S(=O)(=O)c2cc(-c3ccccc3)ccc21.CCOC(=O)CCCCCCNC1c2ccccc2N(C)S(=O)(=O)c2cc(C)ccc21.COCCCNC1c2ccccc2N(C)S(=O)(=O)c2cc(-c3ccccc3)ccc21.COCCCNC1c2ccccc2N(C)S(=O)(=O)c2cc(C)ccc21. The number of ether oxygens (including phenoxy) is 4. The van der Waals surface area contributed by atoms with Gasteiger partial charge in [0.05, 0.1) is 79.7 Å². The number of methoxy groups -OCH3 is 2. The van der Waals surface area contributed by atoms with Gasteiger partial charge in [-0.05, 0) is 219 Å². The van der Waals surface area contributed by atoms with Gasteiger partial charge >= 0.3 is 11.9 Å². The monoisotopic (exact) mass is 1730 g/mol. The number of nitrogens with one attached hydrogen (secondary N) is 4. The molecule has 0 amide bonds. The standard InChI is InChI=1S/C29H34N2O4S.C24H32N2O4S.C24H26N2O3S.C19H24N2O3S/c1-3-35-28(32)17-9-4-5-12-20-30-29-24-15-10-11-16-26(24)31(2)36(33,34)27-21-23(18-19-25(27)29)22-13-7-6-8-14-22;1-4-30-23(27)13-7-5-6-10-16-25-24-19-11-8-9-12-21(19)26(3)31(28,29)22-17-18(2)14-15-20(22)24;1-26-22-12-7-6-11-20(22)24(25-15-8-16-29-2)21-14-13-19(17-23(21)30(26,27)28)18-9-4-3-5-10-18;1-14-9-10-16-18(13-14)25(22,23)21(2)17-8-5-4-7-15(17)19(16)20-11-6-12-24-3/h6-8,10-11,13-16,18-19,21,29-30H,3-5,9,12,17,20H2,1-2H3;8-9,11-12,14-15,17,24-25H,4-7,10,13,16H2,1-3H3;3-7,9-14,17,24-25H,8,15-16H2,1-2H3;4-5,7-10,13,19-20H,6,11-12H2,1-3H3. The summed E-state index contributed by atoms with van der Waals surface area (Å²) in [6.45, 7) is 12.6. The van der Waals surface area contributed by atoms with Crippen molar-refractivity contribution in [3.63, 3.8) is 0 Å². The number of hydrogen-bond donors (Lipinski definition) is 4. The van der Waals surface area contributed by atoms with Gasteiger partial charge in [-0.2, -0.15) is 0 Å². The largest absolute Gasteiger partial charge is 0.466 e. The smallest absolute Gasteiger partial charge is 0.305 e. The normalized spacial score (nSPS) is 17.0. The molecule has 0 aromatic heterocycles. The van der Waals surface area contributed by atoms with Gasteiger partial charge in [0.1, 0.15) is 0 Å². The highest BCUT2D eigenvalue weighted by Crippen LogP contribution is 2.46. The second-order valence-corrected chi connectivity index (χ2v) is 38.4. The molecule has 0 bridgehead atoms. The fourth-order valence-electron chi connectivity index (χ4n) is 15.9. The van der Waals surface area contributed by atoms with Crippen LogP contribution in [0.25, 0.3) is 22.3 Å². The van der Waals surface area contributed by atoms with Crippen LogP contribution in [0.15, 0.2) is 250 Å². The lowest BCUT2D eigenvalue weighted by Crippen LogP contribution is -2.26. The zero-order valence-electron chi connectivity index (χ0n) is 71.5. The van der Waals surface area contributed by atoms with Crippen molar-refractivity contribution in [2.75, 3.05) is 112 Å². The number of esters is 2. The maximum atomic E-state index is 13.7. The van der Waals surface area contributed by atoms with Gasteiger partial charge in [-0.25, -0.2) is 33.7 Å². The van der Waals surface area contributed by atoms with E-state index in [0.717, 1.165) is 168 Å². The number of carbonyl (C=O) groups is 2. The summed E-state index contributed by atoms with van der Waals surface area (Å²) in [6.07, 6.45) is 10.1. The Morgan fingerprint density at radius 1 is 0.303 bits per heavy atom. The molecule has 0 radical (unpaired) electrons. The minimum atomic E-state index is -3.74. The number of nitrogens with zero attached hydrogens (tertiary/aromatic N) is 4. The van der Waals surface area contributed by atoms with E-state index in [2.05, 4.69) is 21.3 Å². The van der Waals surface area contributed by atoms with E-state index in [1.165, 1.54) is 17.2 Å². The molecular formula is C96H116N8O14S4. The van der Waals surface area contributed by atoms with Gasteiger partial charge in [-0.3, -0.25) is 26.8 Å². The molecule has 26 heteroatoms. The highest BCUT2D eigenvalue weighted by Gasteiger charge is 2.40. The first-order valence-electron chi connectivity index (χ1n) is 41.9. The van der Waals surface area contributed by atoms with Crippen LogP contribution in [-0.4, -0.2) is 141 Å². The number of aryl methyl sites for hydroxylation is 2. The molecule has 4 atom stereocenters. The van der Waals surface area contributed by atoms with Crippen LogP contribution >= 0.6 is 0 Å². The zero-order chi connectivity index (χ0) is 87.1. The molecule has 0 fully saturated rings. The summed E-state index contributed by atoms with van der Waals surface area (Å²) in [5.74, 6) is -0.268. The summed E-state index contributed by atoms with van der Waals surface area (Å²) in [5.41, 5.74) is 15.3. The second-order valence-electron chi connectivity index (χ2n) is 30.6. The molecule has 22 nitrogen and oxygen atoms in total. The number of fused-ring (bicyclic) bond motifs is 8. The van der Waals surface area contributed by atoms with Crippen LogP contribution in [0.2, 0.25) is 0 Å².